The van der Waals surface area contributed by atoms with Crippen LogP contribution in [-0.4, -0.2) is 65.0 Å². The zero-order chi connectivity index (χ0) is 23.8. The minimum Gasteiger partial charge on any atom is -0.480 e. The van der Waals surface area contributed by atoms with Crippen LogP contribution in [0.15, 0.2) is 11.3 Å². The third-order valence-corrected chi connectivity index (χ3v) is 5.28. The zero-order valence-corrected chi connectivity index (χ0v) is 18.9. The van der Waals surface area contributed by atoms with Crippen LogP contribution in [0.3, 0.4) is 0 Å². The normalized spacial score (nSPS) is 15.7. The van der Waals surface area contributed by atoms with Crippen LogP contribution in [0.5, 0.6) is 0 Å². The third-order valence-electron chi connectivity index (χ3n) is 5.28. The minimum atomic E-state index is -1.03. The van der Waals surface area contributed by atoms with Gasteiger partial charge in [-0.3, -0.25) is 19.7 Å². The molecule has 1 atom stereocenters. The summed E-state index contributed by atoms with van der Waals surface area (Å²) in [7, 11) is 0. The van der Waals surface area contributed by atoms with Crippen molar-refractivity contribution >= 4 is 35.3 Å². The summed E-state index contributed by atoms with van der Waals surface area (Å²) >= 11 is 0. The van der Waals surface area contributed by atoms with Crippen molar-refractivity contribution in [1.82, 2.24) is 15.4 Å². The lowest BCUT2D eigenvalue weighted by atomic mass is 10.1. The second-order valence-corrected chi connectivity index (χ2v) is 8.10. The van der Waals surface area contributed by atoms with Crippen molar-refractivity contribution < 1.29 is 19.4 Å². The number of nitrogens with one attached hydrogen (secondary N) is 2. The Morgan fingerprint density at radius 2 is 2.09 bits per heavy atom. The van der Waals surface area contributed by atoms with Gasteiger partial charge in [-0.1, -0.05) is 19.8 Å². The third kappa shape index (κ3) is 6.81. The predicted octanol–water partition coefficient (Wildman–Crippen LogP) is 0.973. The van der Waals surface area contributed by atoms with Crippen molar-refractivity contribution in [2.45, 2.75) is 64.0 Å². The van der Waals surface area contributed by atoms with E-state index >= 15 is 0 Å². The molecule has 1 aromatic heterocycles. The van der Waals surface area contributed by atoms with Gasteiger partial charge < -0.3 is 26.6 Å². The summed E-state index contributed by atoms with van der Waals surface area (Å²) in [6.45, 7) is 2.74. The number of ether oxygens (including phenoxy) is 1. The second-order valence-electron chi connectivity index (χ2n) is 8.10. The molecule has 0 saturated heterocycles. The van der Waals surface area contributed by atoms with E-state index in [1.54, 1.807) is 5.01 Å². The van der Waals surface area contributed by atoms with E-state index in [0.717, 1.165) is 32.1 Å². The monoisotopic (exact) mass is 463 g/mol. The van der Waals surface area contributed by atoms with E-state index in [0.29, 0.717) is 42.9 Å². The summed E-state index contributed by atoms with van der Waals surface area (Å²) in [5.41, 5.74) is 14.1. The highest BCUT2D eigenvalue weighted by Gasteiger charge is 2.38. The average Bonchev–Trinajstić information content (AvgIpc) is 3.52. The van der Waals surface area contributed by atoms with E-state index in [2.05, 4.69) is 32.6 Å². The first-order valence-corrected chi connectivity index (χ1v) is 11.3. The Kier molecular flexibility index (Phi) is 8.46. The summed E-state index contributed by atoms with van der Waals surface area (Å²) in [6, 6.07) is -0.627. The van der Waals surface area contributed by atoms with E-state index in [1.165, 1.54) is 11.2 Å². The van der Waals surface area contributed by atoms with Gasteiger partial charge in [0.15, 0.2) is 17.6 Å². The highest BCUT2D eigenvalue weighted by Crippen LogP contribution is 2.40. The van der Waals surface area contributed by atoms with Crippen LogP contribution in [0.1, 0.15) is 51.9 Å². The van der Waals surface area contributed by atoms with Crippen LogP contribution >= 0.6 is 0 Å². The molecule has 3 rings (SSSR count). The van der Waals surface area contributed by atoms with Crippen LogP contribution in [0.2, 0.25) is 0 Å². The number of carbonyl (C=O) groups is 2. The molecule has 13 heteroatoms. The van der Waals surface area contributed by atoms with Gasteiger partial charge in [0.2, 0.25) is 0 Å². The number of aromatic nitrogens is 2. The molecule has 0 spiro atoms. The van der Waals surface area contributed by atoms with Crippen LogP contribution in [-0.2, 0) is 9.53 Å². The number of nitrogens with zero attached hydrogens (tertiary/aromatic N) is 5. The predicted molar refractivity (Wildman–Crippen MR) is 124 cm³/mol. The molecule has 1 amide bonds. The number of aliphatic imine (C=N–C) groups is 1. The molecule has 7 N–H and O–H groups in total. The van der Waals surface area contributed by atoms with E-state index in [1.807, 2.05) is 0 Å². The smallest absolute Gasteiger partial charge is 0.416 e. The standard InChI is InChI=1S/C20H33N9O4/c1-2-3-4-10-33-20(32)28-12-29(27-14(18(30)31)6-5-9-23-19(21)22)17-15(28)16(24-11-25-17)26-13-7-8-13/h11,13-14,27H,2-10,12H2,1H3,(H,30,31)(H4,21,22,23)(H,24,25,26)/t14-/m0/s1. The molecule has 1 aliphatic carbocycles. The summed E-state index contributed by atoms with van der Waals surface area (Å²) in [5, 5.41) is 14.5. The van der Waals surface area contributed by atoms with Gasteiger partial charge >= 0.3 is 12.1 Å². The SMILES string of the molecule is CCCCCOC(=O)N1CN(N[C@@H](CCCN=C(N)N)C(=O)O)c2ncnc(NC3CC3)c21. The van der Waals surface area contributed by atoms with Gasteiger partial charge in [-0.05, 0) is 32.1 Å². The highest BCUT2D eigenvalue weighted by atomic mass is 16.6. The number of hydrazine groups is 1. The molecule has 0 aromatic carbocycles. The quantitative estimate of drug-likeness (QED) is 0.159. The Bertz CT molecular complexity index is 858. The van der Waals surface area contributed by atoms with Gasteiger partial charge in [-0.25, -0.2) is 20.2 Å². The highest BCUT2D eigenvalue weighted by molar-refractivity contribution is 5.99. The second kappa shape index (κ2) is 11.5. The van der Waals surface area contributed by atoms with Gasteiger partial charge in [0.1, 0.15) is 24.7 Å². The van der Waals surface area contributed by atoms with Crippen molar-refractivity contribution in [3.05, 3.63) is 6.33 Å². The number of unbranched alkanes of at least 4 members (excludes halogenated alkanes) is 2. The lowest BCUT2D eigenvalue weighted by molar-refractivity contribution is -0.139. The maximum absolute atomic E-state index is 12.9. The first-order valence-electron chi connectivity index (χ1n) is 11.3. The Hall–Kier alpha value is -3.35. The van der Waals surface area contributed by atoms with Crippen molar-refractivity contribution in [1.29, 1.82) is 0 Å². The fourth-order valence-electron chi connectivity index (χ4n) is 3.40. The fourth-order valence-corrected chi connectivity index (χ4v) is 3.40. The van der Waals surface area contributed by atoms with Gasteiger partial charge in [-0.2, -0.15) is 0 Å². The number of carboxylic acid groups (broad SMARTS) is 1. The summed E-state index contributed by atoms with van der Waals surface area (Å²) in [5.74, 6) is -0.137. The average molecular weight is 464 g/mol. The molecule has 1 aromatic rings. The summed E-state index contributed by atoms with van der Waals surface area (Å²) in [4.78, 5) is 38.7. The summed E-state index contributed by atoms with van der Waals surface area (Å²) < 4.78 is 5.46. The first kappa shape index (κ1) is 24.3. The number of nitrogens with two attached hydrogens (primary N) is 2. The lowest BCUT2D eigenvalue weighted by Gasteiger charge is -2.24. The molecule has 1 fully saturated rings. The molecule has 1 saturated carbocycles. The molecular weight excluding hydrogens is 430 g/mol. The van der Waals surface area contributed by atoms with Gasteiger partial charge in [0, 0.05) is 12.6 Å². The molecule has 0 radical (unpaired) electrons. The zero-order valence-electron chi connectivity index (χ0n) is 18.9. The lowest BCUT2D eigenvalue weighted by Crippen LogP contribution is -2.50. The van der Waals surface area contributed by atoms with E-state index in [9.17, 15) is 14.7 Å². The van der Waals surface area contributed by atoms with Crippen LogP contribution < -0.4 is 32.1 Å². The maximum atomic E-state index is 12.9. The molecule has 33 heavy (non-hydrogen) atoms. The van der Waals surface area contributed by atoms with Gasteiger partial charge in [0.25, 0.3) is 0 Å². The molecular formula is C20H33N9O4. The maximum Gasteiger partial charge on any atom is 0.416 e. The van der Waals surface area contributed by atoms with Crippen LogP contribution in [0.25, 0.3) is 0 Å². The number of rotatable bonds is 13. The number of carbonyl (C=O) groups excluding carboxylic acids is 1. The number of carboxylic acids is 1. The first-order chi connectivity index (χ1) is 15.9. The Labute approximate surface area is 192 Å². The number of hydrogen-bond acceptors (Lipinski definition) is 9. The molecule has 2 aliphatic rings. The minimum absolute atomic E-state index is 0.0382. The van der Waals surface area contributed by atoms with Gasteiger partial charge in [0.05, 0.1) is 6.61 Å². The molecule has 13 nitrogen and oxygen atoms in total. The topological polar surface area (TPSA) is 184 Å². The van der Waals surface area contributed by atoms with E-state index in [4.69, 9.17) is 16.2 Å². The van der Waals surface area contributed by atoms with Gasteiger partial charge in [-0.15, -0.1) is 0 Å². The Balaban J connectivity index is 1.75. The van der Waals surface area contributed by atoms with Crippen molar-refractivity contribution in [2.24, 2.45) is 16.5 Å². The summed E-state index contributed by atoms with van der Waals surface area (Å²) in [6.07, 6.45) is 6.42. The van der Waals surface area contributed by atoms with Crippen molar-refractivity contribution in [3.63, 3.8) is 0 Å². The number of hydrogen-bond donors (Lipinski definition) is 5. The van der Waals surface area contributed by atoms with Crippen LogP contribution in [0.4, 0.5) is 22.1 Å². The number of guanidine groups is 1. The fraction of sp³-hybridized carbons (Fsp3) is 0.650. The molecule has 0 unspecified atom stereocenters. The van der Waals surface area contributed by atoms with E-state index in [-0.39, 0.29) is 19.0 Å². The number of anilines is 3. The van der Waals surface area contributed by atoms with Crippen molar-refractivity contribution in [3.8, 4) is 0 Å². The number of fused-ring (bicyclic) bond motifs is 1. The van der Waals surface area contributed by atoms with E-state index < -0.39 is 18.1 Å². The number of amides is 1. The number of aliphatic carboxylic acids is 1. The molecule has 182 valence electrons. The van der Waals surface area contributed by atoms with Crippen LogP contribution in [0, 0.1) is 0 Å². The van der Waals surface area contributed by atoms with Crippen molar-refractivity contribution in [2.75, 3.05) is 35.0 Å². The Morgan fingerprint density at radius 3 is 2.76 bits per heavy atom. The Morgan fingerprint density at radius 1 is 1.30 bits per heavy atom. The largest absolute Gasteiger partial charge is 0.480 e. The molecule has 0 bridgehead atoms. The molecule has 1 aliphatic heterocycles. The molecule has 2 heterocycles.